The van der Waals surface area contributed by atoms with Gasteiger partial charge in [0.2, 0.25) is 0 Å². The predicted molar refractivity (Wildman–Crippen MR) is 95.8 cm³/mol. The van der Waals surface area contributed by atoms with Gasteiger partial charge < -0.3 is 19.7 Å². The Morgan fingerprint density at radius 1 is 1.15 bits per heavy atom. The summed E-state index contributed by atoms with van der Waals surface area (Å²) in [5.74, 6) is 0.566. The number of phenols is 1. The van der Waals surface area contributed by atoms with Crippen LogP contribution in [0.4, 0.5) is 0 Å². The largest absolute Gasteiger partial charge is 0.508 e. The highest BCUT2D eigenvalue weighted by atomic mass is 16.5. The normalized spacial score (nSPS) is 17.8. The van der Waals surface area contributed by atoms with E-state index in [4.69, 9.17) is 9.47 Å². The second-order valence-electron chi connectivity index (χ2n) is 5.99. The first-order chi connectivity index (χ1) is 12.6. The van der Waals surface area contributed by atoms with Gasteiger partial charge in [-0.2, -0.15) is 0 Å². The molecular weight excluding hydrogens is 332 g/mol. The minimum Gasteiger partial charge on any atom is -0.508 e. The number of fused-ring (bicyclic) bond motifs is 2. The summed E-state index contributed by atoms with van der Waals surface area (Å²) in [4.78, 5) is 12.3. The lowest BCUT2D eigenvalue weighted by Crippen LogP contribution is -2.17. The van der Waals surface area contributed by atoms with Crippen LogP contribution in [-0.4, -0.2) is 29.4 Å². The zero-order chi connectivity index (χ0) is 18.3. The monoisotopic (exact) mass is 348 g/mol. The van der Waals surface area contributed by atoms with Gasteiger partial charge in [0, 0.05) is 22.8 Å². The number of methoxy groups -OCH3 is 1. The maximum Gasteiger partial charge on any atom is 0.338 e. The fraction of sp³-hybridized carbons (Fsp3) is 0.0952. The second kappa shape index (κ2) is 6.20. The number of esters is 1. The van der Waals surface area contributed by atoms with Crippen LogP contribution >= 0.6 is 0 Å². The topological polar surface area (TPSA) is 76.0 Å². The first-order valence-corrected chi connectivity index (χ1v) is 8.10. The lowest BCUT2D eigenvalue weighted by molar-refractivity contribution is 0.0600. The average Bonchev–Trinajstić information content (AvgIpc) is 2.65. The number of allylic oxidation sites excluding steroid dienone is 1. The van der Waals surface area contributed by atoms with Crippen molar-refractivity contribution in [1.82, 2.24) is 0 Å². The van der Waals surface area contributed by atoms with Crippen LogP contribution in [0.5, 0.6) is 11.5 Å². The molecule has 1 heterocycles. The summed E-state index contributed by atoms with van der Waals surface area (Å²) >= 11 is 0. The molecule has 4 rings (SSSR count). The van der Waals surface area contributed by atoms with Gasteiger partial charge in [-0.3, -0.25) is 0 Å². The number of ether oxygens (including phenoxy) is 2. The number of aromatic hydroxyl groups is 1. The Bertz CT molecular complexity index is 997. The number of phenolic OH excluding ortho intramolecular Hbond substituents is 1. The van der Waals surface area contributed by atoms with Crippen LogP contribution in [0.2, 0.25) is 0 Å². The minimum absolute atomic E-state index is 0.0697. The van der Waals surface area contributed by atoms with Crippen molar-refractivity contribution in [2.75, 3.05) is 7.11 Å². The van der Waals surface area contributed by atoms with E-state index >= 15 is 0 Å². The Kier molecular flexibility index (Phi) is 3.86. The molecule has 0 saturated heterocycles. The molecule has 0 saturated carbocycles. The van der Waals surface area contributed by atoms with E-state index in [2.05, 4.69) is 0 Å². The lowest BCUT2D eigenvalue weighted by Gasteiger charge is -2.28. The lowest BCUT2D eigenvalue weighted by atomic mass is 9.85. The third-order valence-electron chi connectivity index (χ3n) is 4.37. The Morgan fingerprint density at radius 2 is 1.96 bits per heavy atom. The molecule has 5 heteroatoms. The molecule has 0 spiro atoms. The Balaban J connectivity index is 2.03. The molecule has 1 atom stereocenters. The second-order valence-corrected chi connectivity index (χ2v) is 5.99. The summed E-state index contributed by atoms with van der Waals surface area (Å²) in [5.41, 5.74) is 3.40. The van der Waals surface area contributed by atoms with Gasteiger partial charge in [-0.1, -0.05) is 30.4 Å². The number of carbonyl (C=O) groups is 1. The molecule has 2 aromatic rings. The van der Waals surface area contributed by atoms with Crippen molar-refractivity contribution in [3.63, 3.8) is 0 Å². The molecule has 2 N–H and O–H groups in total. The number of hydrogen-bond donors (Lipinski definition) is 2. The zero-order valence-electron chi connectivity index (χ0n) is 14.0. The maximum atomic E-state index is 12.3. The van der Waals surface area contributed by atoms with E-state index in [-0.39, 0.29) is 5.75 Å². The fourth-order valence-electron chi connectivity index (χ4n) is 3.22. The van der Waals surface area contributed by atoms with Crippen molar-refractivity contribution in [2.24, 2.45) is 0 Å². The van der Waals surface area contributed by atoms with Gasteiger partial charge in [-0.15, -0.1) is 0 Å². The molecule has 1 aliphatic heterocycles. The summed E-state index contributed by atoms with van der Waals surface area (Å²) in [6.07, 6.45) is 4.25. The van der Waals surface area contributed by atoms with E-state index in [0.717, 1.165) is 16.7 Å². The number of aliphatic hydroxyl groups excluding tert-OH is 1. The van der Waals surface area contributed by atoms with E-state index in [9.17, 15) is 15.0 Å². The van der Waals surface area contributed by atoms with Crippen LogP contribution in [0.3, 0.4) is 0 Å². The number of carbonyl (C=O) groups excluding carboxylic acids is 1. The molecule has 0 radical (unpaired) electrons. The molecule has 0 fully saturated rings. The summed E-state index contributed by atoms with van der Waals surface area (Å²) in [6.45, 7) is 0. The zero-order valence-corrected chi connectivity index (χ0v) is 14.0. The predicted octanol–water partition coefficient (Wildman–Crippen LogP) is 3.19. The Labute approximate surface area is 150 Å². The van der Waals surface area contributed by atoms with Crippen LogP contribution in [-0.2, 0) is 4.74 Å². The van der Waals surface area contributed by atoms with Gasteiger partial charge in [0.05, 0.1) is 18.8 Å². The van der Waals surface area contributed by atoms with E-state index in [1.165, 1.54) is 13.2 Å². The van der Waals surface area contributed by atoms with E-state index in [0.29, 0.717) is 22.6 Å². The van der Waals surface area contributed by atoms with Crippen molar-refractivity contribution >= 4 is 11.5 Å². The molecule has 26 heavy (non-hydrogen) atoms. The van der Waals surface area contributed by atoms with E-state index in [1.807, 2.05) is 12.1 Å². The molecule has 0 bridgehead atoms. The highest BCUT2D eigenvalue weighted by Crippen LogP contribution is 2.44. The van der Waals surface area contributed by atoms with Crippen molar-refractivity contribution < 1.29 is 24.5 Å². The Morgan fingerprint density at radius 3 is 2.77 bits per heavy atom. The standard InChI is InChI=1S/C21H16O5/c1-25-21(24)15-5-3-2-4-14(15)20-16-8-6-12(22)10-18(16)26-19-11-13(23)7-9-17(19)20/h2-12,22-23H,1H3. The molecule has 0 amide bonds. The molecule has 1 aliphatic carbocycles. The molecule has 5 nitrogen and oxygen atoms in total. The van der Waals surface area contributed by atoms with Gasteiger partial charge in [0.15, 0.2) is 0 Å². The average molecular weight is 348 g/mol. The molecular formula is C21H16O5. The van der Waals surface area contributed by atoms with E-state index in [1.54, 1.807) is 42.5 Å². The third-order valence-corrected chi connectivity index (χ3v) is 4.37. The quantitative estimate of drug-likeness (QED) is 0.815. The fourth-order valence-corrected chi connectivity index (χ4v) is 3.22. The number of benzene rings is 2. The highest BCUT2D eigenvalue weighted by molar-refractivity contribution is 6.01. The number of rotatable bonds is 2. The molecule has 0 aromatic heterocycles. The molecule has 2 aromatic carbocycles. The number of aliphatic hydroxyl groups is 1. The SMILES string of the molecule is COC(=O)c1ccccc1C1=C2C=CC(O)C=C2Oc2cc(O)ccc21. The summed E-state index contributed by atoms with van der Waals surface area (Å²) in [7, 11) is 1.34. The highest BCUT2D eigenvalue weighted by Gasteiger charge is 2.29. The van der Waals surface area contributed by atoms with Crippen LogP contribution in [0.1, 0.15) is 21.5 Å². The summed E-state index contributed by atoms with van der Waals surface area (Å²) in [6, 6.07) is 12.0. The van der Waals surface area contributed by atoms with Gasteiger partial charge in [0.25, 0.3) is 0 Å². The molecule has 1 unspecified atom stereocenters. The van der Waals surface area contributed by atoms with Gasteiger partial charge >= 0.3 is 5.97 Å². The van der Waals surface area contributed by atoms with Crippen molar-refractivity contribution in [3.8, 4) is 11.5 Å². The number of hydrogen-bond acceptors (Lipinski definition) is 5. The summed E-state index contributed by atoms with van der Waals surface area (Å²) < 4.78 is 10.8. The van der Waals surface area contributed by atoms with Crippen LogP contribution in [0, 0.1) is 0 Å². The van der Waals surface area contributed by atoms with Gasteiger partial charge in [-0.05, 0) is 29.8 Å². The third kappa shape index (κ3) is 2.59. The first kappa shape index (κ1) is 16.2. The summed E-state index contributed by atoms with van der Waals surface area (Å²) in [5, 5.41) is 19.7. The van der Waals surface area contributed by atoms with Crippen molar-refractivity contribution in [3.05, 3.63) is 88.7 Å². The molecule has 2 aliphatic rings. The molecule has 130 valence electrons. The van der Waals surface area contributed by atoms with Gasteiger partial charge in [-0.25, -0.2) is 4.79 Å². The first-order valence-electron chi connectivity index (χ1n) is 8.10. The smallest absolute Gasteiger partial charge is 0.338 e. The van der Waals surface area contributed by atoms with Gasteiger partial charge in [0.1, 0.15) is 17.3 Å². The van der Waals surface area contributed by atoms with Crippen molar-refractivity contribution in [1.29, 1.82) is 0 Å². The minimum atomic E-state index is -0.760. The Hall–Kier alpha value is -3.31. The van der Waals surface area contributed by atoms with Crippen LogP contribution in [0.15, 0.2) is 72.0 Å². The maximum absolute atomic E-state index is 12.3. The van der Waals surface area contributed by atoms with Crippen molar-refractivity contribution in [2.45, 2.75) is 6.10 Å². The van der Waals surface area contributed by atoms with Crippen LogP contribution in [0.25, 0.3) is 5.57 Å². The van der Waals surface area contributed by atoms with Crippen LogP contribution < -0.4 is 4.74 Å². The van der Waals surface area contributed by atoms with E-state index < -0.39 is 12.1 Å².